The highest BCUT2D eigenvalue weighted by Crippen LogP contribution is 2.18. The molecule has 132 valence electrons. The maximum atomic E-state index is 11.7. The van der Waals surface area contributed by atoms with Gasteiger partial charge in [0.1, 0.15) is 12.1 Å². The van der Waals surface area contributed by atoms with Gasteiger partial charge in [0.15, 0.2) is 0 Å². The molecule has 1 aromatic rings. The van der Waals surface area contributed by atoms with E-state index in [1.54, 1.807) is 6.33 Å². The molecule has 1 unspecified atom stereocenters. The predicted molar refractivity (Wildman–Crippen MR) is 97.6 cm³/mol. The highest BCUT2D eigenvalue weighted by molar-refractivity contribution is 5.85. The minimum absolute atomic E-state index is 0. The van der Waals surface area contributed by atoms with Gasteiger partial charge in [0.25, 0.3) is 0 Å². The number of nitrogens with zero attached hydrogens (tertiary/aromatic N) is 3. The Morgan fingerprint density at radius 2 is 2.04 bits per heavy atom. The summed E-state index contributed by atoms with van der Waals surface area (Å²) in [5, 5.41) is 3.07. The maximum Gasteiger partial charge on any atom is 0.221 e. The van der Waals surface area contributed by atoms with Gasteiger partial charge in [-0.2, -0.15) is 0 Å². The third-order valence-electron chi connectivity index (χ3n) is 3.76. The molecule has 1 aliphatic rings. The molecule has 0 aliphatic carbocycles. The number of piperidine rings is 1. The summed E-state index contributed by atoms with van der Waals surface area (Å²) in [4.78, 5) is 22.6. The van der Waals surface area contributed by atoms with Crippen molar-refractivity contribution in [3.63, 3.8) is 0 Å². The van der Waals surface area contributed by atoms with Gasteiger partial charge in [-0.1, -0.05) is 6.92 Å². The second-order valence-electron chi connectivity index (χ2n) is 5.73. The number of nitrogens with two attached hydrogens (primary N) is 1. The molecule has 1 atom stereocenters. The minimum Gasteiger partial charge on any atom is -0.356 e. The van der Waals surface area contributed by atoms with Crippen molar-refractivity contribution < 1.29 is 4.79 Å². The van der Waals surface area contributed by atoms with E-state index in [2.05, 4.69) is 33.2 Å². The summed E-state index contributed by atoms with van der Waals surface area (Å²) in [6.07, 6.45) is 4.82. The molecule has 1 fully saturated rings. The number of aryl methyl sites for hydroxylation is 1. The summed E-state index contributed by atoms with van der Waals surface area (Å²) in [5.74, 6) is 1.04. The number of carbonyl (C=O) groups is 1. The number of hydrogen-bond donors (Lipinski definition) is 2. The van der Waals surface area contributed by atoms with E-state index in [4.69, 9.17) is 5.73 Å². The highest BCUT2D eigenvalue weighted by Gasteiger charge is 2.21. The normalized spacial score (nSPS) is 16.0. The van der Waals surface area contributed by atoms with Crippen molar-refractivity contribution in [3.8, 4) is 0 Å². The molecule has 0 aromatic carbocycles. The van der Waals surface area contributed by atoms with Crippen LogP contribution in [0.25, 0.3) is 0 Å². The number of rotatable bonds is 5. The Bertz CT molecular complexity index is 479. The molecule has 0 spiro atoms. The van der Waals surface area contributed by atoms with Crippen molar-refractivity contribution in [1.82, 2.24) is 15.3 Å². The molecule has 6 nitrogen and oxygen atoms in total. The number of aromatic nitrogens is 2. The molecule has 1 aliphatic heterocycles. The van der Waals surface area contributed by atoms with Crippen LogP contribution in [0.4, 0.5) is 5.82 Å². The van der Waals surface area contributed by atoms with E-state index in [0.29, 0.717) is 6.42 Å². The molecule has 0 saturated carbocycles. The van der Waals surface area contributed by atoms with Crippen LogP contribution in [0.1, 0.15) is 38.8 Å². The molecule has 8 heteroatoms. The fourth-order valence-electron chi connectivity index (χ4n) is 2.58. The van der Waals surface area contributed by atoms with Crippen LogP contribution in [0.3, 0.4) is 0 Å². The van der Waals surface area contributed by atoms with Crippen LogP contribution in [0.5, 0.6) is 0 Å². The predicted octanol–water partition coefficient (Wildman–Crippen LogP) is 1.70. The summed E-state index contributed by atoms with van der Waals surface area (Å²) >= 11 is 0. The van der Waals surface area contributed by atoms with E-state index in [0.717, 1.165) is 43.9 Å². The number of nitrogens with one attached hydrogen (secondary N) is 1. The zero-order valence-electron chi connectivity index (χ0n) is 13.7. The second kappa shape index (κ2) is 10.6. The van der Waals surface area contributed by atoms with Crippen molar-refractivity contribution in [2.45, 2.75) is 51.6 Å². The molecular weight excluding hydrogens is 337 g/mol. The highest BCUT2D eigenvalue weighted by atomic mass is 35.5. The molecule has 2 heterocycles. The Balaban J connectivity index is 0.00000242. The Labute approximate surface area is 150 Å². The van der Waals surface area contributed by atoms with Gasteiger partial charge in [-0.05, 0) is 26.2 Å². The number of anilines is 1. The maximum absolute atomic E-state index is 11.7. The Morgan fingerprint density at radius 1 is 1.39 bits per heavy atom. The summed E-state index contributed by atoms with van der Waals surface area (Å²) in [6, 6.07) is 2.22. The zero-order chi connectivity index (χ0) is 15.2. The van der Waals surface area contributed by atoms with Crippen molar-refractivity contribution in [2.24, 2.45) is 5.73 Å². The van der Waals surface area contributed by atoms with E-state index < -0.39 is 0 Å². The third-order valence-corrected chi connectivity index (χ3v) is 3.76. The first kappa shape index (κ1) is 21.9. The minimum atomic E-state index is -0.0847. The largest absolute Gasteiger partial charge is 0.356 e. The quantitative estimate of drug-likeness (QED) is 0.831. The van der Waals surface area contributed by atoms with Gasteiger partial charge in [0.2, 0.25) is 5.91 Å². The standard InChI is InChI=1S/C15H25N5O.2ClH/c1-3-12-9-14(18-10-17-12)20-6-4-13(5-7-20)19-15(21)8-11(2)16;;/h9-11,13H,3-8,16H2,1-2H3,(H,19,21);2*1H. The van der Waals surface area contributed by atoms with Crippen LogP contribution in [0, 0.1) is 0 Å². The number of halogens is 2. The summed E-state index contributed by atoms with van der Waals surface area (Å²) < 4.78 is 0. The van der Waals surface area contributed by atoms with Gasteiger partial charge in [0, 0.05) is 43.4 Å². The van der Waals surface area contributed by atoms with E-state index in [1.807, 2.05) is 6.92 Å². The van der Waals surface area contributed by atoms with E-state index in [-0.39, 0.29) is 42.8 Å². The van der Waals surface area contributed by atoms with Crippen LogP contribution in [0.2, 0.25) is 0 Å². The first-order chi connectivity index (χ1) is 10.1. The smallest absolute Gasteiger partial charge is 0.221 e. The van der Waals surface area contributed by atoms with E-state index in [1.165, 1.54) is 0 Å². The van der Waals surface area contributed by atoms with Crippen LogP contribution >= 0.6 is 24.8 Å². The van der Waals surface area contributed by atoms with Gasteiger partial charge in [-0.15, -0.1) is 24.8 Å². The fraction of sp³-hybridized carbons (Fsp3) is 0.667. The van der Waals surface area contributed by atoms with Crippen molar-refractivity contribution in [2.75, 3.05) is 18.0 Å². The average Bonchev–Trinajstić information content (AvgIpc) is 2.47. The molecule has 23 heavy (non-hydrogen) atoms. The first-order valence-electron chi connectivity index (χ1n) is 7.69. The molecule has 1 amide bonds. The number of carbonyl (C=O) groups excluding carboxylic acids is 1. The lowest BCUT2D eigenvalue weighted by molar-refractivity contribution is -0.122. The third kappa shape index (κ3) is 6.89. The summed E-state index contributed by atoms with van der Waals surface area (Å²) in [7, 11) is 0. The number of amides is 1. The zero-order valence-corrected chi connectivity index (χ0v) is 15.3. The van der Waals surface area contributed by atoms with Gasteiger partial charge in [-0.25, -0.2) is 9.97 Å². The van der Waals surface area contributed by atoms with Gasteiger partial charge >= 0.3 is 0 Å². The lowest BCUT2D eigenvalue weighted by atomic mass is 10.0. The van der Waals surface area contributed by atoms with Gasteiger partial charge < -0.3 is 16.0 Å². The van der Waals surface area contributed by atoms with Crippen LogP contribution in [-0.2, 0) is 11.2 Å². The van der Waals surface area contributed by atoms with Crippen LogP contribution in [-0.4, -0.2) is 41.0 Å². The summed E-state index contributed by atoms with van der Waals surface area (Å²) in [5.41, 5.74) is 6.70. The molecule has 2 rings (SSSR count). The Kier molecular flexibility index (Phi) is 10.1. The van der Waals surface area contributed by atoms with Crippen molar-refractivity contribution in [3.05, 3.63) is 18.1 Å². The average molecular weight is 364 g/mol. The molecule has 3 N–H and O–H groups in total. The van der Waals surface area contributed by atoms with Crippen LogP contribution in [0.15, 0.2) is 12.4 Å². The molecular formula is C15H27Cl2N5O. The molecule has 0 bridgehead atoms. The lowest BCUT2D eigenvalue weighted by Gasteiger charge is -2.33. The Hall–Kier alpha value is -1.11. The van der Waals surface area contributed by atoms with Crippen LogP contribution < -0.4 is 16.0 Å². The first-order valence-corrected chi connectivity index (χ1v) is 7.69. The molecule has 0 radical (unpaired) electrons. The second-order valence-corrected chi connectivity index (χ2v) is 5.73. The monoisotopic (exact) mass is 363 g/mol. The van der Waals surface area contributed by atoms with E-state index in [9.17, 15) is 4.79 Å². The van der Waals surface area contributed by atoms with Crippen molar-refractivity contribution >= 4 is 36.5 Å². The van der Waals surface area contributed by atoms with Gasteiger partial charge in [-0.3, -0.25) is 4.79 Å². The SMILES string of the molecule is CCc1cc(N2CCC(NC(=O)CC(C)N)CC2)ncn1.Cl.Cl. The van der Waals surface area contributed by atoms with Crippen molar-refractivity contribution in [1.29, 1.82) is 0 Å². The molecule has 1 aromatic heterocycles. The Morgan fingerprint density at radius 3 is 2.61 bits per heavy atom. The molecule has 1 saturated heterocycles. The van der Waals surface area contributed by atoms with Gasteiger partial charge in [0.05, 0.1) is 0 Å². The van der Waals surface area contributed by atoms with E-state index >= 15 is 0 Å². The summed E-state index contributed by atoms with van der Waals surface area (Å²) in [6.45, 7) is 5.75. The number of hydrogen-bond acceptors (Lipinski definition) is 5. The fourth-order valence-corrected chi connectivity index (χ4v) is 2.58. The lowest BCUT2D eigenvalue weighted by Crippen LogP contribution is -2.45. The topological polar surface area (TPSA) is 84.1 Å².